The first-order valence-corrected chi connectivity index (χ1v) is 6.55. The molecule has 0 amide bonds. The molecule has 0 aliphatic carbocycles. The highest BCUT2D eigenvalue weighted by atomic mass is 16.7. The smallest absolute Gasteiger partial charge is 0.314 e. The van der Waals surface area contributed by atoms with Gasteiger partial charge in [0, 0.05) is 26.8 Å². The zero-order valence-corrected chi connectivity index (χ0v) is 13.4. The molecule has 0 bridgehead atoms. The second kappa shape index (κ2) is 7.90. The Morgan fingerprint density at radius 3 is 1.92 bits per heavy atom. The van der Waals surface area contributed by atoms with Gasteiger partial charge in [0.25, 0.3) is 6.29 Å². The summed E-state index contributed by atoms with van der Waals surface area (Å²) in [7, 11) is 1.13. The molecule has 0 aliphatic rings. The fourth-order valence-electron chi connectivity index (χ4n) is 1.80. The Bertz CT molecular complexity index is 667. The maximum atomic E-state index is 11.3. The van der Waals surface area contributed by atoms with Crippen LogP contribution < -0.4 is 9.47 Å². The molecule has 10 nitrogen and oxygen atoms in total. The second-order valence-corrected chi connectivity index (χ2v) is 4.44. The summed E-state index contributed by atoms with van der Waals surface area (Å²) in [5.74, 6) is -3.14. The maximum absolute atomic E-state index is 11.3. The number of esters is 3. The van der Waals surface area contributed by atoms with Crippen molar-refractivity contribution in [3.63, 3.8) is 0 Å². The Morgan fingerprint density at radius 2 is 1.54 bits per heavy atom. The van der Waals surface area contributed by atoms with Gasteiger partial charge in [-0.15, -0.1) is 0 Å². The molecule has 0 N–H and O–H groups in total. The number of carbonyl (C=O) groups excluding carboxylic acids is 3. The van der Waals surface area contributed by atoms with Crippen LogP contribution in [0.5, 0.6) is 11.5 Å². The molecule has 24 heavy (non-hydrogen) atoms. The van der Waals surface area contributed by atoms with Crippen LogP contribution in [-0.2, 0) is 23.9 Å². The van der Waals surface area contributed by atoms with Gasteiger partial charge in [0.1, 0.15) is 0 Å². The van der Waals surface area contributed by atoms with Crippen molar-refractivity contribution in [2.75, 3.05) is 7.11 Å². The first kappa shape index (κ1) is 18.9. The van der Waals surface area contributed by atoms with Crippen molar-refractivity contribution in [2.24, 2.45) is 0 Å². The number of carbonyl (C=O) groups is 3. The van der Waals surface area contributed by atoms with Crippen molar-refractivity contribution in [1.29, 1.82) is 0 Å². The highest BCUT2D eigenvalue weighted by Gasteiger charge is 2.31. The van der Waals surface area contributed by atoms with Crippen LogP contribution in [0.3, 0.4) is 0 Å². The summed E-state index contributed by atoms with van der Waals surface area (Å²) in [5, 5.41) is 11.1. The molecule has 0 unspecified atom stereocenters. The third-order valence-electron chi connectivity index (χ3n) is 2.57. The molecule has 0 fully saturated rings. The van der Waals surface area contributed by atoms with E-state index in [1.807, 2.05) is 0 Å². The normalized spacial score (nSPS) is 10.0. The largest absolute Gasteiger partial charge is 0.488 e. The summed E-state index contributed by atoms with van der Waals surface area (Å²) >= 11 is 0. The molecule has 0 aromatic heterocycles. The van der Waals surface area contributed by atoms with Crippen LogP contribution in [0.25, 0.3) is 0 Å². The van der Waals surface area contributed by atoms with Gasteiger partial charge in [0.2, 0.25) is 5.75 Å². The van der Waals surface area contributed by atoms with Crippen LogP contribution in [0.15, 0.2) is 12.1 Å². The number of ether oxygens (including phenoxy) is 4. The van der Waals surface area contributed by atoms with E-state index in [0.29, 0.717) is 0 Å². The van der Waals surface area contributed by atoms with E-state index in [1.165, 1.54) is 0 Å². The Morgan fingerprint density at radius 1 is 1.00 bits per heavy atom. The maximum Gasteiger partial charge on any atom is 0.314 e. The number of benzene rings is 1. The zero-order chi connectivity index (χ0) is 18.4. The highest BCUT2D eigenvalue weighted by molar-refractivity contribution is 5.74. The number of methoxy groups -OCH3 is 1. The van der Waals surface area contributed by atoms with Crippen molar-refractivity contribution < 1.29 is 38.3 Å². The molecule has 0 aliphatic heterocycles. The van der Waals surface area contributed by atoms with Crippen molar-refractivity contribution in [3.8, 4) is 11.5 Å². The molecule has 0 heterocycles. The molecule has 1 aromatic rings. The lowest BCUT2D eigenvalue weighted by Gasteiger charge is -2.20. The Balaban J connectivity index is 3.57. The molecule has 0 radical (unpaired) electrons. The fourth-order valence-corrected chi connectivity index (χ4v) is 1.80. The van der Waals surface area contributed by atoms with Crippen LogP contribution in [0.2, 0.25) is 0 Å². The van der Waals surface area contributed by atoms with Crippen molar-refractivity contribution in [2.45, 2.75) is 27.1 Å². The third-order valence-corrected chi connectivity index (χ3v) is 2.57. The van der Waals surface area contributed by atoms with Gasteiger partial charge >= 0.3 is 23.6 Å². The lowest BCUT2D eigenvalue weighted by atomic mass is 10.1. The van der Waals surface area contributed by atoms with E-state index in [-0.39, 0.29) is 17.1 Å². The summed E-state index contributed by atoms with van der Waals surface area (Å²) in [4.78, 5) is 44.1. The number of nitro benzene ring substituents is 1. The number of hydrogen-bond donors (Lipinski definition) is 0. The van der Waals surface area contributed by atoms with Crippen LogP contribution >= 0.6 is 0 Å². The van der Waals surface area contributed by atoms with Crippen molar-refractivity contribution >= 4 is 23.6 Å². The van der Waals surface area contributed by atoms with E-state index >= 15 is 0 Å². The van der Waals surface area contributed by atoms with Gasteiger partial charge < -0.3 is 18.9 Å². The molecule has 0 saturated carbocycles. The van der Waals surface area contributed by atoms with Gasteiger partial charge in [0.05, 0.1) is 17.6 Å². The number of nitro groups is 1. The van der Waals surface area contributed by atoms with E-state index in [4.69, 9.17) is 18.9 Å². The third kappa shape index (κ3) is 4.66. The highest BCUT2D eigenvalue weighted by Crippen LogP contribution is 2.43. The first-order chi connectivity index (χ1) is 11.2. The van der Waals surface area contributed by atoms with Gasteiger partial charge in [-0.2, -0.15) is 0 Å². The molecule has 0 atom stereocenters. The second-order valence-electron chi connectivity index (χ2n) is 4.44. The van der Waals surface area contributed by atoms with Crippen molar-refractivity contribution in [3.05, 3.63) is 27.8 Å². The van der Waals surface area contributed by atoms with E-state index < -0.39 is 34.8 Å². The molecule has 1 rings (SSSR count). The lowest BCUT2D eigenvalue weighted by molar-refractivity contribution is -0.385. The standard InChI is InChI=1S/C14H15NO9/c1-7(16)22-12-10(14(23-8(2)17)24-9(3)18)5-6-11(15(19)20)13(12)21-4/h5-6,14H,1-4H3. The average molecular weight is 341 g/mol. The fraction of sp³-hybridized carbons (Fsp3) is 0.357. The molecular weight excluding hydrogens is 326 g/mol. The van der Waals surface area contributed by atoms with E-state index in [0.717, 1.165) is 40.0 Å². The van der Waals surface area contributed by atoms with Gasteiger partial charge in [0.15, 0.2) is 5.75 Å². The van der Waals surface area contributed by atoms with Gasteiger partial charge in [-0.3, -0.25) is 24.5 Å². The lowest BCUT2D eigenvalue weighted by Crippen LogP contribution is -2.17. The average Bonchev–Trinajstić information content (AvgIpc) is 2.44. The topological polar surface area (TPSA) is 131 Å². The minimum Gasteiger partial charge on any atom is -0.488 e. The summed E-state index contributed by atoms with van der Waals surface area (Å²) in [6.45, 7) is 3.21. The van der Waals surface area contributed by atoms with Crippen LogP contribution in [-0.4, -0.2) is 29.9 Å². The first-order valence-electron chi connectivity index (χ1n) is 6.55. The van der Waals surface area contributed by atoms with Crippen LogP contribution in [0, 0.1) is 10.1 Å². The number of hydrogen-bond acceptors (Lipinski definition) is 9. The van der Waals surface area contributed by atoms with Gasteiger partial charge in [-0.05, 0) is 6.07 Å². The van der Waals surface area contributed by atoms with E-state index in [1.54, 1.807) is 0 Å². The Kier molecular flexibility index (Phi) is 6.22. The quantitative estimate of drug-likeness (QED) is 0.249. The SMILES string of the molecule is COc1c([N+](=O)[O-])ccc(C(OC(C)=O)OC(C)=O)c1OC(C)=O. The Hall–Kier alpha value is -3.17. The summed E-state index contributed by atoms with van der Waals surface area (Å²) in [6.07, 6.45) is -1.57. The van der Waals surface area contributed by atoms with Gasteiger partial charge in [-0.25, -0.2) is 0 Å². The van der Waals surface area contributed by atoms with Crippen LogP contribution in [0.4, 0.5) is 5.69 Å². The zero-order valence-electron chi connectivity index (χ0n) is 13.4. The minimum atomic E-state index is -1.57. The summed E-state index contributed by atoms with van der Waals surface area (Å²) < 4.78 is 19.6. The number of rotatable bonds is 6. The van der Waals surface area contributed by atoms with E-state index in [2.05, 4.69) is 0 Å². The van der Waals surface area contributed by atoms with Crippen molar-refractivity contribution in [1.82, 2.24) is 0 Å². The van der Waals surface area contributed by atoms with E-state index in [9.17, 15) is 24.5 Å². The summed E-state index contributed by atoms with van der Waals surface area (Å²) in [6, 6.07) is 2.18. The van der Waals surface area contributed by atoms with Crippen LogP contribution in [0.1, 0.15) is 32.6 Å². The van der Waals surface area contributed by atoms with Gasteiger partial charge in [-0.1, -0.05) is 0 Å². The molecule has 0 saturated heterocycles. The summed E-state index contributed by atoms with van der Waals surface area (Å²) in [5.41, 5.74) is -0.583. The number of nitrogens with zero attached hydrogens (tertiary/aromatic N) is 1. The Labute approximate surface area is 136 Å². The molecule has 130 valence electrons. The molecular formula is C14H15NO9. The molecule has 1 aromatic carbocycles. The minimum absolute atomic E-state index is 0.0990. The molecule has 0 spiro atoms. The predicted octanol–water partition coefficient (Wildman–Crippen LogP) is 1.65. The monoisotopic (exact) mass is 341 g/mol. The predicted molar refractivity (Wildman–Crippen MR) is 77.2 cm³/mol. The molecule has 10 heteroatoms.